The van der Waals surface area contributed by atoms with Crippen LogP contribution in [0.3, 0.4) is 0 Å². The predicted octanol–water partition coefficient (Wildman–Crippen LogP) is 1.40. The molecule has 84 valence electrons. The van der Waals surface area contributed by atoms with Crippen molar-refractivity contribution in [2.24, 2.45) is 7.05 Å². The fourth-order valence-electron chi connectivity index (χ4n) is 1.55. The lowest BCUT2D eigenvalue weighted by molar-refractivity contribution is 0.170. The van der Waals surface area contributed by atoms with Crippen molar-refractivity contribution in [2.75, 3.05) is 0 Å². The molecule has 0 aromatic carbocycles. The molecule has 4 heteroatoms. The molecule has 4 nitrogen and oxygen atoms in total. The number of nitrogens with zero attached hydrogens (tertiary/aromatic N) is 3. The number of hydrogen-bond acceptors (Lipinski definition) is 3. The van der Waals surface area contributed by atoms with Crippen LogP contribution >= 0.6 is 0 Å². The van der Waals surface area contributed by atoms with E-state index in [0.29, 0.717) is 12.1 Å². The molecule has 0 aliphatic carbocycles. The Labute approximate surface area is 94.6 Å². The molecule has 1 atom stereocenters. The SMILES string of the molecule is Cc1ccc(C(O)Cc2nccn2C)nc1. The highest BCUT2D eigenvalue weighted by Crippen LogP contribution is 2.15. The molecule has 0 radical (unpaired) electrons. The molecule has 2 aromatic heterocycles. The summed E-state index contributed by atoms with van der Waals surface area (Å²) in [6.45, 7) is 1.97. The number of rotatable bonds is 3. The molecule has 0 saturated carbocycles. The molecule has 2 heterocycles. The van der Waals surface area contributed by atoms with Crippen molar-refractivity contribution < 1.29 is 5.11 Å². The lowest BCUT2D eigenvalue weighted by Crippen LogP contribution is -2.08. The summed E-state index contributed by atoms with van der Waals surface area (Å²) in [5, 5.41) is 9.99. The van der Waals surface area contributed by atoms with E-state index in [0.717, 1.165) is 11.4 Å². The molecule has 0 fully saturated rings. The Kier molecular flexibility index (Phi) is 3.01. The van der Waals surface area contributed by atoms with Crippen LogP contribution in [0.4, 0.5) is 0 Å². The van der Waals surface area contributed by atoms with Crippen molar-refractivity contribution in [3.05, 3.63) is 47.8 Å². The first-order valence-corrected chi connectivity index (χ1v) is 5.23. The van der Waals surface area contributed by atoms with Gasteiger partial charge in [0.2, 0.25) is 0 Å². The van der Waals surface area contributed by atoms with Crippen LogP contribution < -0.4 is 0 Å². The van der Waals surface area contributed by atoms with Crippen LogP contribution in [0.25, 0.3) is 0 Å². The molecule has 0 saturated heterocycles. The molecule has 2 rings (SSSR count). The van der Waals surface area contributed by atoms with E-state index in [4.69, 9.17) is 0 Å². The van der Waals surface area contributed by atoms with Gasteiger partial charge in [0.25, 0.3) is 0 Å². The van der Waals surface area contributed by atoms with Gasteiger partial charge < -0.3 is 9.67 Å². The summed E-state index contributed by atoms with van der Waals surface area (Å²) in [6.07, 6.45) is 5.24. The molecular formula is C12H15N3O. The first-order chi connectivity index (χ1) is 7.66. The number of aromatic nitrogens is 3. The van der Waals surface area contributed by atoms with Crippen molar-refractivity contribution in [2.45, 2.75) is 19.4 Å². The summed E-state index contributed by atoms with van der Waals surface area (Å²) in [4.78, 5) is 8.38. The Bertz CT molecular complexity index is 461. The highest BCUT2D eigenvalue weighted by atomic mass is 16.3. The third-order valence-corrected chi connectivity index (χ3v) is 2.57. The number of imidazole rings is 1. The normalized spacial score (nSPS) is 12.7. The second-order valence-electron chi connectivity index (χ2n) is 3.93. The number of hydrogen-bond donors (Lipinski definition) is 1. The van der Waals surface area contributed by atoms with Crippen molar-refractivity contribution in [1.29, 1.82) is 0 Å². The lowest BCUT2D eigenvalue weighted by atomic mass is 10.1. The third kappa shape index (κ3) is 2.28. The van der Waals surface area contributed by atoms with E-state index < -0.39 is 6.10 Å². The summed E-state index contributed by atoms with van der Waals surface area (Å²) >= 11 is 0. The van der Waals surface area contributed by atoms with Gasteiger partial charge in [-0.2, -0.15) is 0 Å². The molecule has 0 aliphatic heterocycles. The van der Waals surface area contributed by atoms with E-state index in [1.54, 1.807) is 12.4 Å². The topological polar surface area (TPSA) is 50.9 Å². The first-order valence-electron chi connectivity index (χ1n) is 5.23. The molecule has 1 unspecified atom stereocenters. The van der Waals surface area contributed by atoms with Crippen LogP contribution in [0.5, 0.6) is 0 Å². The standard InChI is InChI=1S/C12H15N3O/c1-9-3-4-10(14-8-9)11(16)7-12-13-5-6-15(12)2/h3-6,8,11,16H,7H2,1-2H3. The summed E-state index contributed by atoms with van der Waals surface area (Å²) in [6, 6.07) is 3.80. The highest BCUT2D eigenvalue weighted by Gasteiger charge is 2.12. The van der Waals surface area contributed by atoms with Gasteiger partial charge in [-0.3, -0.25) is 4.98 Å². The molecule has 0 aliphatic rings. The smallest absolute Gasteiger partial charge is 0.111 e. The second kappa shape index (κ2) is 4.45. The van der Waals surface area contributed by atoms with Crippen molar-refractivity contribution in [3.63, 3.8) is 0 Å². The van der Waals surface area contributed by atoms with E-state index in [2.05, 4.69) is 9.97 Å². The summed E-state index contributed by atoms with van der Waals surface area (Å²) < 4.78 is 1.90. The number of pyridine rings is 1. The summed E-state index contributed by atoms with van der Waals surface area (Å²) in [5.74, 6) is 0.856. The summed E-state index contributed by atoms with van der Waals surface area (Å²) in [5.41, 5.74) is 1.78. The molecular weight excluding hydrogens is 202 g/mol. The average Bonchev–Trinajstić information content (AvgIpc) is 2.65. The fourth-order valence-corrected chi connectivity index (χ4v) is 1.55. The van der Waals surface area contributed by atoms with Crippen molar-refractivity contribution in [1.82, 2.24) is 14.5 Å². The largest absolute Gasteiger partial charge is 0.386 e. The molecule has 0 bridgehead atoms. The molecule has 0 amide bonds. The zero-order valence-corrected chi connectivity index (χ0v) is 9.46. The Morgan fingerprint density at radius 2 is 2.19 bits per heavy atom. The van der Waals surface area contributed by atoms with Gasteiger partial charge in [-0.25, -0.2) is 4.98 Å². The monoisotopic (exact) mass is 217 g/mol. The Morgan fingerprint density at radius 3 is 2.75 bits per heavy atom. The van der Waals surface area contributed by atoms with Gasteiger partial charge >= 0.3 is 0 Å². The van der Waals surface area contributed by atoms with E-state index in [-0.39, 0.29) is 0 Å². The third-order valence-electron chi connectivity index (χ3n) is 2.57. The lowest BCUT2D eigenvalue weighted by Gasteiger charge is -2.09. The fraction of sp³-hybridized carbons (Fsp3) is 0.333. The summed E-state index contributed by atoms with van der Waals surface area (Å²) in [7, 11) is 1.91. The van der Waals surface area contributed by atoms with Crippen molar-refractivity contribution >= 4 is 0 Å². The van der Waals surface area contributed by atoms with Gasteiger partial charge in [-0.1, -0.05) is 6.07 Å². The van der Waals surface area contributed by atoms with Gasteiger partial charge in [-0.05, 0) is 18.6 Å². The molecule has 2 aromatic rings. The van der Waals surface area contributed by atoms with E-state index in [1.807, 2.05) is 36.9 Å². The van der Waals surface area contributed by atoms with Crippen LogP contribution in [0.2, 0.25) is 0 Å². The maximum Gasteiger partial charge on any atom is 0.111 e. The second-order valence-corrected chi connectivity index (χ2v) is 3.93. The van der Waals surface area contributed by atoms with Gasteiger partial charge in [0.1, 0.15) is 11.9 Å². The minimum Gasteiger partial charge on any atom is -0.386 e. The molecule has 0 spiro atoms. The van der Waals surface area contributed by atoms with Gasteiger partial charge in [0.05, 0.1) is 5.69 Å². The zero-order valence-electron chi connectivity index (χ0n) is 9.46. The molecule has 1 N–H and O–H groups in total. The highest BCUT2D eigenvalue weighted by molar-refractivity contribution is 5.15. The van der Waals surface area contributed by atoms with Crippen LogP contribution in [0.15, 0.2) is 30.7 Å². The van der Waals surface area contributed by atoms with Crippen LogP contribution in [-0.2, 0) is 13.5 Å². The first kappa shape index (κ1) is 10.8. The Hall–Kier alpha value is -1.68. The Balaban J connectivity index is 2.11. The van der Waals surface area contributed by atoms with Gasteiger partial charge in [0, 0.05) is 32.1 Å². The maximum atomic E-state index is 9.99. The van der Waals surface area contributed by atoms with E-state index in [9.17, 15) is 5.11 Å². The van der Waals surface area contributed by atoms with Gasteiger partial charge in [-0.15, -0.1) is 0 Å². The number of aryl methyl sites for hydroxylation is 2. The predicted molar refractivity (Wildman–Crippen MR) is 60.8 cm³/mol. The number of aliphatic hydroxyl groups excluding tert-OH is 1. The van der Waals surface area contributed by atoms with Crippen molar-refractivity contribution in [3.8, 4) is 0 Å². The van der Waals surface area contributed by atoms with Gasteiger partial charge in [0.15, 0.2) is 0 Å². The Morgan fingerprint density at radius 1 is 1.38 bits per heavy atom. The average molecular weight is 217 g/mol. The number of aliphatic hydroxyl groups is 1. The molecule has 16 heavy (non-hydrogen) atoms. The zero-order chi connectivity index (χ0) is 11.5. The maximum absolute atomic E-state index is 9.99. The minimum absolute atomic E-state index is 0.486. The quantitative estimate of drug-likeness (QED) is 0.845. The van der Waals surface area contributed by atoms with Crippen LogP contribution in [-0.4, -0.2) is 19.6 Å². The van der Waals surface area contributed by atoms with Crippen LogP contribution in [0, 0.1) is 6.92 Å². The van der Waals surface area contributed by atoms with Crippen LogP contribution in [0.1, 0.15) is 23.2 Å². The minimum atomic E-state index is -0.596. The van der Waals surface area contributed by atoms with E-state index in [1.165, 1.54) is 0 Å². The van der Waals surface area contributed by atoms with E-state index >= 15 is 0 Å².